The third-order valence-electron chi connectivity index (χ3n) is 2.68. The van der Waals surface area contributed by atoms with Crippen LogP contribution in [0.5, 0.6) is 0 Å². The Balaban J connectivity index is 2.09. The summed E-state index contributed by atoms with van der Waals surface area (Å²) in [5.74, 6) is -0.796. The zero-order valence-electron chi connectivity index (χ0n) is 10.4. The lowest BCUT2D eigenvalue weighted by molar-refractivity contribution is -0.115. The van der Waals surface area contributed by atoms with Gasteiger partial charge in [-0.1, -0.05) is 29.8 Å². The molecule has 0 aliphatic rings. The summed E-state index contributed by atoms with van der Waals surface area (Å²) in [7, 11) is 0. The van der Waals surface area contributed by atoms with Gasteiger partial charge in [0.15, 0.2) is 0 Å². The highest BCUT2D eigenvalue weighted by molar-refractivity contribution is 6.33. The van der Waals surface area contributed by atoms with E-state index in [4.69, 9.17) is 16.9 Å². The number of rotatable bonds is 3. The van der Waals surface area contributed by atoms with Crippen molar-refractivity contribution in [1.82, 2.24) is 0 Å². The lowest BCUT2D eigenvalue weighted by atomic mass is 10.1. The van der Waals surface area contributed by atoms with Gasteiger partial charge >= 0.3 is 0 Å². The molecule has 0 fully saturated rings. The van der Waals surface area contributed by atoms with Crippen molar-refractivity contribution in [1.29, 1.82) is 5.26 Å². The molecule has 0 saturated carbocycles. The molecule has 0 aliphatic heterocycles. The molecule has 0 atom stereocenters. The zero-order chi connectivity index (χ0) is 14.5. The van der Waals surface area contributed by atoms with E-state index in [0.717, 1.165) is 0 Å². The summed E-state index contributed by atoms with van der Waals surface area (Å²) >= 11 is 5.95. The fourth-order valence-corrected chi connectivity index (χ4v) is 1.92. The summed E-state index contributed by atoms with van der Waals surface area (Å²) in [5, 5.41) is 11.6. The monoisotopic (exact) mass is 288 g/mol. The topological polar surface area (TPSA) is 52.9 Å². The molecule has 0 radical (unpaired) electrons. The minimum atomic E-state index is -0.423. The van der Waals surface area contributed by atoms with E-state index >= 15 is 0 Å². The van der Waals surface area contributed by atoms with Gasteiger partial charge in [-0.05, 0) is 29.8 Å². The number of benzene rings is 2. The summed E-state index contributed by atoms with van der Waals surface area (Å²) in [6, 6.07) is 12.6. The van der Waals surface area contributed by atoms with Gasteiger partial charge in [0.1, 0.15) is 5.82 Å². The highest BCUT2D eigenvalue weighted by atomic mass is 35.5. The molecule has 0 aromatic heterocycles. The van der Waals surface area contributed by atoms with Crippen molar-refractivity contribution in [3.63, 3.8) is 0 Å². The average Bonchev–Trinajstić information content (AvgIpc) is 2.43. The molecule has 0 unspecified atom stereocenters. The summed E-state index contributed by atoms with van der Waals surface area (Å²) in [6.07, 6.45) is -0.0804. The van der Waals surface area contributed by atoms with Gasteiger partial charge in [-0.25, -0.2) is 4.39 Å². The van der Waals surface area contributed by atoms with E-state index in [2.05, 4.69) is 5.32 Å². The molecule has 2 aromatic carbocycles. The first-order chi connectivity index (χ1) is 9.60. The van der Waals surface area contributed by atoms with Crippen LogP contribution in [-0.4, -0.2) is 5.91 Å². The van der Waals surface area contributed by atoms with Crippen LogP contribution in [0.1, 0.15) is 11.1 Å². The standard InChI is InChI=1S/C15H10ClFN2O/c16-12-7-10(9-18)5-6-14(12)19-15(20)8-11-3-1-2-4-13(11)17/h1-7H,8H2,(H,19,20). The number of hydrogen-bond acceptors (Lipinski definition) is 2. The lowest BCUT2D eigenvalue weighted by Crippen LogP contribution is -2.15. The lowest BCUT2D eigenvalue weighted by Gasteiger charge is -2.08. The molecule has 1 N–H and O–H groups in total. The van der Waals surface area contributed by atoms with Crippen LogP contribution in [0.2, 0.25) is 5.02 Å². The highest BCUT2D eigenvalue weighted by Crippen LogP contribution is 2.23. The molecular formula is C15H10ClFN2O. The molecule has 20 heavy (non-hydrogen) atoms. The number of carbonyl (C=O) groups is 1. The molecule has 2 rings (SSSR count). The van der Waals surface area contributed by atoms with E-state index in [-0.39, 0.29) is 17.4 Å². The first-order valence-electron chi connectivity index (χ1n) is 5.83. The summed E-state index contributed by atoms with van der Waals surface area (Å²) in [5.41, 5.74) is 1.11. The Labute approximate surface area is 120 Å². The van der Waals surface area contributed by atoms with Crippen molar-refractivity contribution in [2.45, 2.75) is 6.42 Å². The molecule has 0 bridgehead atoms. The van der Waals surface area contributed by atoms with Crippen molar-refractivity contribution in [3.8, 4) is 6.07 Å². The largest absolute Gasteiger partial charge is 0.324 e. The number of nitrogens with one attached hydrogen (secondary N) is 1. The first kappa shape index (κ1) is 14.0. The second kappa shape index (κ2) is 6.18. The van der Waals surface area contributed by atoms with Crippen LogP contribution >= 0.6 is 11.6 Å². The number of hydrogen-bond donors (Lipinski definition) is 1. The number of nitriles is 1. The van der Waals surface area contributed by atoms with Gasteiger partial charge < -0.3 is 5.32 Å². The summed E-state index contributed by atoms with van der Waals surface area (Å²) in [6.45, 7) is 0. The van der Waals surface area contributed by atoms with Crippen molar-refractivity contribution in [3.05, 3.63) is 64.4 Å². The van der Waals surface area contributed by atoms with Crippen molar-refractivity contribution >= 4 is 23.2 Å². The average molecular weight is 289 g/mol. The molecular weight excluding hydrogens is 279 g/mol. The SMILES string of the molecule is N#Cc1ccc(NC(=O)Cc2ccccc2F)c(Cl)c1. The van der Waals surface area contributed by atoms with E-state index in [9.17, 15) is 9.18 Å². The van der Waals surface area contributed by atoms with E-state index < -0.39 is 5.82 Å². The minimum Gasteiger partial charge on any atom is -0.324 e. The van der Waals surface area contributed by atoms with Crippen molar-refractivity contribution in [2.75, 3.05) is 5.32 Å². The van der Waals surface area contributed by atoms with Crippen LogP contribution in [0.4, 0.5) is 10.1 Å². The third kappa shape index (κ3) is 3.34. The Bertz CT molecular complexity index is 695. The van der Waals surface area contributed by atoms with Gasteiger partial charge in [0.25, 0.3) is 0 Å². The number of carbonyl (C=O) groups excluding carboxylic acids is 1. The predicted molar refractivity (Wildman–Crippen MR) is 74.9 cm³/mol. The van der Waals surface area contributed by atoms with Gasteiger partial charge in [-0.2, -0.15) is 5.26 Å². The second-order valence-electron chi connectivity index (χ2n) is 4.12. The Morgan fingerprint density at radius 1 is 1.30 bits per heavy atom. The van der Waals surface area contributed by atoms with Gasteiger partial charge in [0.2, 0.25) is 5.91 Å². The fourth-order valence-electron chi connectivity index (χ4n) is 1.70. The Morgan fingerprint density at radius 3 is 2.70 bits per heavy atom. The summed E-state index contributed by atoms with van der Waals surface area (Å²) in [4.78, 5) is 11.8. The van der Waals surface area contributed by atoms with E-state index in [1.807, 2.05) is 6.07 Å². The van der Waals surface area contributed by atoms with Crippen LogP contribution in [0.3, 0.4) is 0 Å². The van der Waals surface area contributed by atoms with E-state index in [0.29, 0.717) is 16.8 Å². The van der Waals surface area contributed by atoms with Gasteiger partial charge in [-0.3, -0.25) is 4.79 Å². The number of anilines is 1. The quantitative estimate of drug-likeness (QED) is 0.939. The molecule has 0 aliphatic carbocycles. The molecule has 100 valence electrons. The molecule has 0 spiro atoms. The molecule has 3 nitrogen and oxygen atoms in total. The maximum absolute atomic E-state index is 13.4. The number of amides is 1. The van der Waals surface area contributed by atoms with Crippen molar-refractivity contribution < 1.29 is 9.18 Å². The van der Waals surface area contributed by atoms with Gasteiger partial charge in [0, 0.05) is 0 Å². The highest BCUT2D eigenvalue weighted by Gasteiger charge is 2.10. The number of halogens is 2. The number of nitrogens with zero attached hydrogens (tertiary/aromatic N) is 1. The Morgan fingerprint density at radius 2 is 2.05 bits per heavy atom. The maximum atomic E-state index is 13.4. The zero-order valence-corrected chi connectivity index (χ0v) is 11.1. The maximum Gasteiger partial charge on any atom is 0.228 e. The normalized spacial score (nSPS) is 9.85. The minimum absolute atomic E-state index is 0.0804. The van der Waals surface area contributed by atoms with Crippen LogP contribution in [-0.2, 0) is 11.2 Å². The first-order valence-corrected chi connectivity index (χ1v) is 6.21. The van der Waals surface area contributed by atoms with Crippen molar-refractivity contribution in [2.24, 2.45) is 0 Å². The Hall–Kier alpha value is -2.38. The third-order valence-corrected chi connectivity index (χ3v) is 2.99. The van der Waals surface area contributed by atoms with E-state index in [1.54, 1.807) is 30.3 Å². The van der Waals surface area contributed by atoms with Gasteiger partial charge in [-0.15, -0.1) is 0 Å². The van der Waals surface area contributed by atoms with E-state index in [1.165, 1.54) is 12.1 Å². The molecule has 2 aromatic rings. The fraction of sp³-hybridized carbons (Fsp3) is 0.0667. The summed E-state index contributed by atoms with van der Waals surface area (Å²) < 4.78 is 13.4. The van der Waals surface area contributed by atoms with Crippen LogP contribution in [0.15, 0.2) is 42.5 Å². The van der Waals surface area contributed by atoms with Crippen LogP contribution in [0, 0.1) is 17.1 Å². The smallest absolute Gasteiger partial charge is 0.228 e. The predicted octanol–water partition coefficient (Wildman–Crippen LogP) is 3.53. The molecule has 5 heteroatoms. The molecule has 0 heterocycles. The van der Waals surface area contributed by atoms with Crippen LogP contribution < -0.4 is 5.32 Å². The van der Waals surface area contributed by atoms with Gasteiger partial charge in [0.05, 0.1) is 28.8 Å². The Kier molecular flexibility index (Phi) is 4.34. The molecule has 1 amide bonds. The second-order valence-corrected chi connectivity index (χ2v) is 4.53. The van der Waals surface area contributed by atoms with Crippen LogP contribution in [0.25, 0.3) is 0 Å². The molecule has 0 saturated heterocycles.